The molecule has 0 saturated heterocycles. The molecule has 1 amide bonds. The van der Waals surface area contributed by atoms with Crippen LogP contribution in [0.25, 0.3) is 0 Å². The van der Waals surface area contributed by atoms with Crippen LogP contribution in [0.2, 0.25) is 0 Å². The first-order valence-corrected chi connectivity index (χ1v) is 8.26. The highest BCUT2D eigenvalue weighted by Crippen LogP contribution is 2.12. The molecule has 0 aliphatic carbocycles. The molecule has 1 aromatic heterocycles. The number of carbonyl (C=O) groups excluding carboxylic acids is 1. The lowest BCUT2D eigenvalue weighted by Crippen LogP contribution is -2.17. The number of hydrazone groups is 1. The van der Waals surface area contributed by atoms with Crippen molar-refractivity contribution in [3.05, 3.63) is 59.9 Å². The van der Waals surface area contributed by atoms with Crippen molar-refractivity contribution < 1.29 is 9.53 Å². The molecule has 1 aromatic carbocycles. The average Bonchev–Trinajstić information content (AvgIpc) is 2.63. The van der Waals surface area contributed by atoms with Crippen LogP contribution in [0.15, 0.2) is 53.9 Å². The molecule has 1 N–H and O–H groups in total. The Morgan fingerprint density at radius 2 is 1.88 bits per heavy atom. The van der Waals surface area contributed by atoms with Crippen LogP contribution in [-0.4, -0.2) is 23.7 Å². The van der Waals surface area contributed by atoms with Crippen molar-refractivity contribution >= 4 is 12.1 Å². The predicted molar refractivity (Wildman–Crippen MR) is 95.4 cm³/mol. The van der Waals surface area contributed by atoms with Gasteiger partial charge in [-0.1, -0.05) is 26.2 Å². The van der Waals surface area contributed by atoms with Gasteiger partial charge in [-0.2, -0.15) is 5.10 Å². The van der Waals surface area contributed by atoms with Gasteiger partial charge in [-0.05, 0) is 48.4 Å². The van der Waals surface area contributed by atoms with Gasteiger partial charge in [-0.3, -0.25) is 9.78 Å². The van der Waals surface area contributed by atoms with Crippen molar-refractivity contribution in [2.24, 2.45) is 5.10 Å². The molecule has 24 heavy (non-hydrogen) atoms. The minimum atomic E-state index is -0.263. The lowest BCUT2D eigenvalue weighted by Gasteiger charge is -2.05. The van der Waals surface area contributed by atoms with Crippen molar-refractivity contribution in [2.45, 2.75) is 32.6 Å². The summed E-state index contributed by atoms with van der Waals surface area (Å²) in [5, 5.41) is 3.96. The number of hydrogen-bond donors (Lipinski definition) is 1. The summed E-state index contributed by atoms with van der Waals surface area (Å²) in [6, 6.07) is 10.9. The fraction of sp³-hybridized carbons (Fsp3) is 0.316. The zero-order chi connectivity index (χ0) is 17.0. The lowest BCUT2D eigenvalue weighted by molar-refractivity contribution is 0.0955. The number of benzene rings is 1. The SMILES string of the molecule is CCCCCCOc1ccc(/C=N/NC(=O)c2ccncc2)cc1. The van der Waals surface area contributed by atoms with Crippen molar-refractivity contribution in [1.82, 2.24) is 10.4 Å². The third-order valence-corrected chi connectivity index (χ3v) is 3.47. The zero-order valence-corrected chi connectivity index (χ0v) is 13.9. The third-order valence-electron chi connectivity index (χ3n) is 3.47. The predicted octanol–water partition coefficient (Wildman–Crippen LogP) is 3.80. The molecule has 0 radical (unpaired) electrons. The number of ether oxygens (including phenoxy) is 1. The summed E-state index contributed by atoms with van der Waals surface area (Å²) in [5.41, 5.74) is 3.90. The number of pyridine rings is 1. The van der Waals surface area contributed by atoms with E-state index in [1.165, 1.54) is 19.3 Å². The van der Waals surface area contributed by atoms with Crippen molar-refractivity contribution in [1.29, 1.82) is 0 Å². The summed E-state index contributed by atoms with van der Waals surface area (Å²) in [6.45, 7) is 2.94. The Bertz CT molecular complexity index is 639. The van der Waals surface area contributed by atoms with Gasteiger partial charge in [0.1, 0.15) is 5.75 Å². The first kappa shape index (κ1) is 17.7. The molecular weight excluding hydrogens is 302 g/mol. The fourth-order valence-corrected chi connectivity index (χ4v) is 2.10. The molecule has 126 valence electrons. The second-order valence-corrected chi connectivity index (χ2v) is 5.41. The minimum Gasteiger partial charge on any atom is -0.494 e. The van der Waals surface area contributed by atoms with Crippen LogP contribution >= 0.6 is 0 Å². The van der Waals surface area contributed by atoms with E-state index in [9.17, 15) is 4.79 Å². The Kier molecular flexibility index (Phi) is 7.47. The number of amides is 1. The van der Waals surface area contributed by atoms with Gasteiger partial charge in [-0.15, -0.1) is 0 Å². The lowest BCUT2D eigenvalue weighted by atomic mass is 10.2. The highest BCUT2D eigenvalue weighted by molar-refractivity contribution is 5.94. The molecule has 0 unspecified atom stereocenters. The van der Waals surface area contributed by atoms with Gasteiger partial charge >= 0.3 is 0 Å². The number of carbonyl (C=O) groups is 1. The maximum Gasteiger partial charge on any atom is 0.271 e. The van der Waals surface area contributed by atoms with Crippen LogP contribution in [0.5, 0.6) is 5.75 Å². The van der Waals surface area contributed by atoms with Gasteiger partial charge in [0, 0.05) is 18.0 Å². The fourth-order valence-electron chi connectivity index (χ4n) is 2.10. The summed E-state index contributed by atoms with van der Waals surface area (Å²) in [7, 11) is 0. The van der Waals surface area contributed by atoms with Gasteiger partial charge in [0.25, 0.3) is 5.91 Å². The van der Waals surface area contributed by atoms with Crippen LogP contribution in [0.1, 0.15) is 48.5 Å². The van der Waals surface area contributed by atoms with Crippen molar-refractivity contribution in [3.63, 3.8) is 0 Å². The smallest absolute Gasteiger partial charge is 0.271 e. The van der Waals surface area contributed by atoms with Crippen molar-refractivity contribution in [2.75, 3.05) is 6.61 Å². The molecule has 5 nitrogen and oxygen atoms in total. The van der Waals surface area contributed by atoms with Gasteiger partial charge in [0.15, 0.2) is 0 Å². The maximum absolute atomic E-state index is 11.8. The molecule has 0 bridgehead atoms. The largest absolute Gasteiger partial charge is 0.494 e. The zero-order valence-electron chi connectivity index (χ0n) is 13.9. The van der Waals surface area contributed by atoms with Crippen LogP contribution in [-0.2, 0) is 0 Å². The van der Waals surface area contributed by atoms with Gasteiger partial charge in [-0.25, -0.2) is 5.43 Å². The topological polar surface area (TPSA) is 63.6 Å². The molecule has 1 heterocycles. The summed E-state index contributed by atoms with van der Waals surface area (Å²) < 4.78 is 5.69. The molecule has 0 atom stereocenters. The van der Waals surface area contributed by atoms with Gasteiger partial charge in [0.05, 0.1) is 12.8 Å². The average molecular weight is 325 g/mol. The second kappa shape index (κ2) is 10.2. The van der Waals surface area contributed by atoms with Gasteiger partial charge < -0.3 is 4.74 Å². The van der Waals surface area contributed by atoms with E-state index in [1.807, 2.05) is 24.3 Å². The Morgan fingerprint density at radius 3 is 2.58 bits per heavy atom. The number of nitrogens with one attached hydrogen (secondary N) is 1. The molecule has 0 aliphatic heterocycles. The van der Waals surface area contributed by atoms with Crippen LogP contribution in [0, 0.1) is 0 Å². The third kappa shape index (κ3) is 6.20. The Balaban J connectivity index is 1.76. The Labute approximate surface area is 142 Å². The molecule has 0 saturated carbocycles. The van der Waals surface area contributed by atoms with Crippen molar-refractivity contribution in [3.8, 4) is 5.75 Å². The van der Waals surface area contributed by atoms with E-state index >= 15 is 0 Å². The summed E-state index contributed by atoms with van der Waals surface area (Å²) in [6.07, 6.45) is 9.51. The molecule has 0 spiro atoms. The molecule has 5 heteroatoms. The van der Waals surface area contributed by atoms with E-state index in [2.05, 4.69) is 22.4 Å². The molecule has 2 aromatic rings. The number of nitrogens with zero attached hydrogens (tertiary/aromatic N) is 2. The van der Waals surface area contributed by atoms with Crippen LogP contribution in [0.3, 0.4) is 0 Å². The monoisotopic (exact) mass is 325 g/mol. The van der Waals surface area contributed by atoms with E-state index in [0.29, 0.717) is 5.56 Å². The highest BCUT2D eigenvalue weighted by Gasteiger charge is 2.01. The summed E-state index contributed by atoms with van der Waals surface area (Å²) in [5.74, 6) is 0.588. The molecule has 0 aliphatic rings. The normalized spacial score (nSPS) is 10.7. The van der Waals surface area contributed by atoms with E-state index in [-0.39, 0.29) is 5.91 Å². The molecular formula is C19H23N3O2. The quantitative estimate of drug-likeness (QED) is 0.433. The number of rotatable bonds is 9. The first-order valence-electron chi connectivity index (χ1n) is 8.26. The second-order valence-electron chi connectivity index (χ2n) is 5.41. The van der Waals surface area contributed by atoms with Crippen LogP contribution < -0.4 is 10.2 Å². The number of hydrogen-bond acceptors (Lipinski definition) is 4. The van der Waals surface area contributed by atoms with E-state index in [0.717, 1.165) is 24.3 Å². The van der Waals surface area contributed by atoms with E-state index in [4.69, 9.17) is 4.74 Å². The van der Waals surface area contributed by atoms with E-state index in [1.54, 1.807) is 30.7 Å². The minimum absolute atomic E-state index is 0.263. The summed E-state index contributed by atoms with van der Waals surface area (Å²) in [4.78, 5) is 15.7. The number of aromatic nitrogens is 1. The Morgan fingerprint density at radius 1 is 1.12 bits per heavy atom. The maximum atomic E-state index is 11.8. The first-order chi connectivity index (χ1) is 11.8. The summed E-state index contributed by atoms with van der Waals surface area (Å²) >= 11 is 0. The highest BCUT2D eigenvalue weighted by atomic mass is 16.5. The Hall–Kier alpha value is -2.69. The van der Waals surface area contributed by atoms with Gasteiger partial charge in [0.2, 0.25) is 0 Å². The standard InChI is InChI=1S/C19H23N3O2/c1-2-3-4-5-14-24-18-8-6-16(7-9-18)15-21-22-19(23)17-10-12-20-13-11-17/h6-13,15H,2-5,14H2,1H3,(H,22,23)/b21-15+. The number of unbranched alkanes of at least 4 members (excludes halogenated alkanes) is 3. The molecule has 0 fully saturated rings. The van der Waals surface area contributed by atoms with E-state index < -0.39 is 0 Å². The van der Waals surface area contributed by atoms with Crippen LogP contribution in [0.4, 0.5) is 0 Å². The molecule has 2 rings (SSSR count).